The van der Waals surface area contributed by atoms with Crippen LogP contribution in [0.25, 0.3) is 0 Å². The molecule has 0 aromatic carbocycles. The molecule has 1 atom stereocenters. The second-order valence-corrected chi connectivity index (χ2v) is 7.94. The Hall–Kier alpha value is -1.27. The molecule has 0 bridgehead atoms. The van der Waals surface area contributed by atoms with E-state index in [4.69, 9.17) is 4.98 Å². The second-order valence-electron chi connectivity index (χ2n) is 5.80. The van der Waals surface area contributed by atoms with Gasteiger partial charge < -0.3 is 4.90 Å². The van der Waals surface area contributed by atoms with Crippen LogP contribution in [0.15, 0.2) is 5.51 Å². The molecular formula is C16H21N3OS2. The fourth-order valence-corrected chi connectivity index (χ4v) is 5.03. The van der Waals surface area contributed by atoms with E-state index in [0.29, 0.717) is 5.92 Å². The van der Waals surface area contributed by atoms with Crippen LogP contribution in [-0.4, -0.2) is 34.4 Å². The number of aryl methyl sites for hydroxylation is 3. The van der Waals surface area contributed by atoms with E-state index in [1.54, 1.807) is 5.51 Å². The van der Waals surface area contributed by atoms with Gasteiger partial charge in [0.2, 0.25) is 0 Å². The monoisotopic (exact) mass is 335 g/mol. The molecule has 1 aliphatic rings. The van der Waals surface area contributed by atoms with E-state index in [1.807, 2.05) is 30.2 Å². The van der Waals surface area contributed by atoms with Crippen LogP contribution >= 0.6 is 22.7 Å². The quantitative estimate of drug-likeness (QED) is 0.856. The van der Waals surface area contributed by atoms with Crippen molar-refractivity contribution >= 4 is 28.6 Å². The van der Waals surface area contributed by atoms with Crippen molar-refractivity contribution in [2.75, 3.05) is 13.6 Å². The number of carbonyl (C=O) groups excluding carboxylic acids is 1. The van der Waals surface area contributed by atoms with Gasteiger partial charge in [-0.3, -0.25) is 4.79 Å². The van der Waals surface area contributed by atoms with Crippen LogP contribution in [0.5, 0.6) is 0 Å². The summed E-state index contributed by atoms with van der Waals surface area (Å²) < 4.78 is 0. The number of rotatable bonds is 4. The highest BCUT2D eigenvalue weighted by Gasteiger charge is 2.27. The molecule has 118 valence electrons. The lowest BCUT2D eigenvalue weighted by molar-refractivity contribution is 0.0786. The third-order valence-electron chi connectivity index (χ3n) is 4.19. The smallest absolute Gasteiger partial charge is 0.265 e. The minimum absolute atomic E-state index is 0.0958. The first kappa shape index (κ1) is 15.6. The van der Waals surface area contributed by atoms with Crippen LogP contribution in [0, 0.1) is 6.92 Å². The molecule has 0 radical (unpaired) electrons. The highest BCUT2D eigenvalue weighted by Crippen LogP contribution is 2.35. The molecule has 0 spiro atoms. The predicted octanol–water partition coefficient (Wildman–Crippen LogP) is 3.66. The van der Waals surface area contributed by atoms with Gasteiger partial charge in [0.1, 0.15) is 4.88 Å². The zero-order valence-electron chi connectivity index (χ0n) is 13.3. The molecule has 2 aromatic rings. The molecule has 0 N–H and O–H groups in total. The number of hydrogen-bond donors (Lipinski definition) is 0. The van der Waals surface area contributed by atoms with E-state index < -0.39 is 0 Å². The van der Waals surface area contributed by atoms with Gasteiger partial charge in [-0.1, -0.05) is 6.92 Å². The Kier molecular flexibility index (Phi) is 4.59. The summed E-state index contributed by atoms with van der Waals surface area (Å²) >= 11 is 3.26. The zero-order valence-corrected chi connectivity index (χ0v) is 14.9. The zero-order chi connectivity index (χ0) is 15.7. The lowest BCUT2D eigenvalue weighted by Crippen LogP contribution is -2.32. The van der Waals surface area contributed by atoms with Crippen LogP contribution in [0.2, 0.25) is 0 Å². The third-order valence-corrected chi connectivity index (χ3v) is 6.09. The largest absolute Gasteiger partial charge is 0.340 e. The first-order valence-corrected chi connectivity index (χ1v) is 9.43. The molecule has 2 heterocycles. The Morgan fingerprint density at radius 2 is 2.32 bits per heavy atom. The maximum absolute atomic E-state index is 12.7. The number of aromatic nitrogens is 2. The minimum Gasteiger partial charge on any atom is -0.340 e. The van der Waals surface area contributed by atoms with Gasteiger partial charge in [0.05, 0.1) is 21.9 Å². The molecule has 0 saturated carbocycles. The third kappa shape index (κ3) is 2.94. The summed E-state index contributed by atoms with van der Waals surface area (Å²) in [6.07, 6.45) is 4.26. The van der Waals surface area contributed by atoms with Crippen molar-refractivity contribution in [1.82, 2.24) is 14.9 Å². The first-order chi connectivity index (χ1) is 10.6. The van der Waals surface area contributed by atoms with Gasteiger partial charge >= 0.3 is 0 Å². The van der Waals surface area contributed by atoms with Crippen molar-refractivity contribution in [2.24, 2.45) is 0 Å². The SMILES string of the molecule is CCc1ncsc1C(=O)N(C)CC1CCCc2sc(C)nc21. The first-order valence-electron chi connectivity index (χ1n) is 7.74. The van der Waals surface area contributed by atoms with Crippen LogP contribution in [-0.2, 0) is 12.8 Å². The number of amides is 1. The summed E-state index contributed by atoms with van der Waals surface area (Å²) in [5.41, 5.74) is 3.91. The summed E-state index contributed by atoms with van der Waals surface area (Å²) in [7, 11) is 1.90. The Morgan fingerprint density at radius 3 is 3.09 bits per heavy atom. The van der Waals surface area contributed by atoms with Gasteiger partial charge in [-0.15, -0.1) is 22.7 Å². The van der Waals surface area contributed by atoms with E-state index in [-0.39, 0.29) is 5.91 Å². The molecule has 4 nitrogen and oxygen atoms in total. The van der Waals surface area contributed by atoms with Crippen molar-refractivity contribution in [1.29, 1.82) is 0 Å². The lowest BCUT2D eigenvalue weighted by atomic mass is 9.90. The highest BCUT2D eigenvalue weighted by molar-refractivity contribution is 7.12. The topological polar surface area (TPSA) is 46.1 Å². The average Bonchev–Trinajstić information content (AvgIpc) is 3.11. The number of fused-ring (bicyclic) bond motifs is 1. The number of thiazole rings is 2. The Labute approximate surface area is 139 Å². The molecule has 1 amide bonds. The molecular weight excluding hydrogens is 314 g/mol. The maximum Gasteiger partial charge on any atom is 0.265 e. The summed E-state index contributed by atoms with van der Waals surface area (Å²) in [6.45, 7) is 4.85. The van der Waals surface area contributed by atoms with Crippen LogP contribution < -0.4 is 0 Å². The lowest BCUT2D eigenvalue weighted by Gasteiger charge is -2.26. The Balaban J connectivity index is 1.75. The fourth-order valence-electron chi connectivity index (χ4n) is 3.09. The van der Waals surface area contributed by atoms with E-state index in [9.17, 15) is 4.79 Å². The molecule has 1 aliphatic carbocycles. The molecule has 22 heavy (non-hydrogen) atoms. The van der Waals surface area contributed by atoms with E-state index in [1.165, 1.54) is 28.3 Å². The van der Waals surface area contributed by atoms with Crippen molar-refractivity contribution in [3.05, 3.63) is 31.7 Å². The van der Waals surface area contributed by atoms with E-state index in [0.717, 1.165) is 41.4 Å². The van der Waals surface area contributed by atoms with Crippen molar-refractivity contribution < 1.29 is 4.79 Å². The van der Waals surface area contributed by atoms with Gasteiger partial charge in [0.15, 0.2) is 0 Å². The van der Waals surface area contributed by atoms with E-state index in [2.05, 4.69) is 11.9 Å². The number of hydrogen-bond acceptors (Lipinski definition) is 5. The summed E-state index contributed by atoms with van der Waals surface area (Å²) in [5.74, 6) is 0.471. The number of carbonyl (C=O) groups is 1. The maximum atomic E-state index is 12.7. The van der Waals surface area contributed by atoms with Gasteiger partial charge in [0, 0.05) is 24.4 Å². The molecule has 3 rings (SSSR count). The second kappa shape index (κ2) is 6.46. The average molecular weight is 335 g/mol. The summed E-state index contributed by atoms with van der Waals surface area (Å²) in [6, 6.07) is 0. The van der Waals surface area contributed by atoms with Gasteiger partial charge in [-0.05, 0) is 32.6 Å². The number of likely N-dealkylation sites (N-methyl/N-ethyl adjacent to an activating group) is 1. The van der Waals surface area contributed by atoms with E-state index >= 15 is 0 Å². The molecule has 1 unspecified atom stereocenters. The summed E-state index contributed by atoms with van der Waals surface area (Å²) in [4.78, 5) is 25.7. The molecule has 0 fully saturated rings. The molecule has 0 aliphatic heterocycles. The molecule has 6 heteroatoms. The van der Waals surface area contributed by atoms with Gasteiger partial charge in [-0.25, -0.2) is 9.97 Å². The highest BCUT2D eigenvalue weighted by atomic mass is 32.1. The molecule has 0 saturated heterocycles. The standard InChI is InChI=1S/C16H21N3OS2/c1-4-12-15(21-9-17-12)16(20)19(3)8-11-6-5-7-13-14(11)18-10(2)22-13/h9,11H,4-8H2,1-3H3. The summed E-state index contributed by atoms with van der Waals surface area (Å²) in [5, 5.41) is 1.14. The molecule has 2 aromatic heterocycles. The normalized spacial score (nSPS) is 17.3. The van der Waals surface area contributed by atoms with Crippen LogP contribution in [0.1, 0.15) is 56.6 Å². The Bertz CT molecular complexity index is 677. The van der Waals surface area contributed by atoms with Crippen molar-refractivity contribution in [2.45, 2.75) is 45.4 Å². The van der Waals surface area contributed by atoms with Gasteiger partial charge in [-0.2, -0.15) is 0 Å². The minimum atomic E-state index is 0.0958. The van der Waals surface area contributed by atoms with Gasteiger partial charge in [0.25, 0.3) is 5.91 Å². The van der Waals surface area contributed by atoms with Crippen molar-refractivity contribution in [3.63, 3.8) is 0 Å². The Morgan fingerprint density at radius 1 is 1.50 bits per heavy atom. The van der Waals surface area contributed by atoms with Crippen LogP contribution in [0.4, 0.5) is 0 Å². The number of nitrogens with zero attached hydrogens (tertiary/aromatic N) is 3. The van der Waals surface area contributed by atoms with Crippen molar-refractivity contribution in [3.8, 4) is 0 Å². The fraction of sp³-hybridized carbons (Fsp3) is 0.562. The predicted molar refractivity (Wildman–Crippen MR) is 91.0 cm³/mol. The van der Waals surface area contributed by atoms with Crippen LogP contribution in [0.3, 0.4) is 0 Å².